The Labute approximate surface area is 138 Å². The molecular formula is C20H23N3. The van der Waals surface area contributed by atoms with Gasteiger partial charge in [-0.05, 0) is 38.3 Å². The molecule has 23 heavy (non-hydrogen) atoms. The summed E-state index contributed by atoms with van der Waals surface area (Å²) in [7, 11) is 0. The lowest BCUT2D eigenvalue weighted by atomic mass is 10.0. The van der Waals surface area contributed by atoms with Crippen molar-refractivity contribution < 1.29 is 0 Å². The lowest BCUT2D eigenvalue weighted by molar-refractivity contribution is 0.795. The van der Waals surface area contributed by atoms with E-state index in [1.165, 1.54) is 16.7 Å². The maximum Gasteiger partial charge on any atom is 0.163 e. The first kappa shape index (κ1) is 15.5. The number of rotatable bonds is 4. The van der Waals surface area contributed by atoms with Gasteiger partial charge in [0, 0.05) is 12.0 Å². The molecule has 3 aromatic rings. The second-order valence-electron chi connectivity index (χ2n) is 6.13. The average molecular weight is 305 g/mol. The van der Waals surface area contributed by atoms with Gasteiger partial charge in [-0.1, -0.05) is 55.0 Å². The van der Waals surface area contributed by atoms with Crippen LogP contribution in [0.4, 0.5) is 0 Å². The Bertz CT molecular complexity index is 793. The van der Waals surface area contributed by atoms with Crippen LogP contribution in [-0.4, -0.2) is 14.8 Å². The molecule has 0 unspecified atom stereocenters. The van der Waals surface area contributed by atoms with Gasteiger partial charge in [-0.25, -0.2) is 9.67 Å². The van der Waals surface area contributed by atoms with E-state index in [-0.39, 0.29) is 0 Å². The number of hydrogen-bond donors (Lipinski definition) is 0. The van der Waals surface area contributed by atoms with E-state index in [0.717, 1.165) is 35.7 Å². The standard InChI is InChI=1S/C20H23N3/c1-5-9-18-21-20(17-10-7-6-8-11-17)23(22-18)19-15(3)12-14(2)13-16(19)4/h6-8,10-13H,5,9H2,1-4H3. The zero-order valence-electron chi connectivity index (χ0n) is 14.3. The predicted molar refractivity (Wildman–Crippen MR) is 95.0 cm³/mol. The van der Waals surface area contributed by atoms with Gasteiger partial charge in [0.15, 0.2) is 11.6 Å². The van der Waals surface area contributed by atoms with Crippen LogP contribution in [0.5, 0.6) is 0 Å². The first-order chi connectivity index (χ1) is 11.1. The van der Waals surface area contributed by atoms with Crippen molar-refractivity contribution in [3.8, 4) is 17.1 Å². The molecule has 0 aliphatic rings. The Kier molecular flexibility index (Phi) is 4.28. The first-order valence-electron chi connectivity index (χ1n) is 8.19. The van der Waals surface area contributed by atoms with E-state index in [2.05, 4.69) is 52.0 Å². The Hall–Kier alpha value is -2.42. The van der Waals surface area contributed by atoms with Gasteiger partial charge < -0.3 is 0 Å². The normalized spacial score (nSPS) is 11.0. The van der Waals surface area contributed by atoms with Gasteiger partial charge in [0.05, 0.1) is 5.69 Å². The van der Waals surface area contributed by atoms with Gasteiger partial charge in [-0.15, -0.1) is 0 Å². The smallest absolute Gasteiger partial charge is 0.163 e. The zero-order chi connectivity index (χ0) is 16.4. The molecule has 0 amide bonds. The van der Waals surface area contributed by atoms with E-state index in [1.807, 2.05) is 22.9 Å². The Morgan fingerprint density at radius 1 is 0.957 bits per heavy atom. The molecule has 1 heterocycles. The minimum Gasteiger partial charge on any atom is -0.212 e. The molecule has 3 nitrogen and oxygen atoms in total. The first-order valence-corrected chi connectivity index (χ1v) is 8.19. The molecule has 1 aromatic heterocycles. The molecular weight excluding hydrogens is 282 g/mol. The number of aromatic nitrogens is 3. The summed E-state index contributed by atoms with van der Waals surface area (Å²) in [6.45, 7) is 8.58. The summed E-state index contributed by atoms with van der Waals surface area (Å²) in [6, 6.07) is 14.7. The van der Waals surface area contributed by atoms with Crippen molar-refractivity contribution in [2.75, 3.05) is 0 Å². The maximum absolute atomic E-state index is 4.80. The lowest BCUT2D eigenvalue weighted by Crippen LogP contribution is -2.05. The van der Waals surface area contributed by atoms with E-state index in [0.29, 0.717) is 0 Å². The van der Waals surface area contributed by atoms with Gasteiger partial charge in [0.25, 0.3) is 0 Å². The fourth-order valence-electron chi connectivity index (χ4n) is 3.12. The summed E-state index contributed by atoms with van der Waals surface area (Å²) in [5.74, 6) is 1.83. The molecule has 0 aliphatic carbocycles. The molecule has 0 saturated carbocycles. The molecule has 3 heteroatoms. The van der Waals surface area contributed by atoms with Crippen LogP contribution >= 0.6 is 0 Å². The number of benzene rings is 2. The molecule has 118 valence electrons. The molecule has 0 spiro atoms. The Balaban J connectivity index is 2.23. The minimum atomic E-state index is 0.900. The summed E-state index contributed by atoms with van der Waals surface area (Å²) in [5.41, 5.74) is 5.98. The van der Waals surface area contributed by atoms with E-state index >= 15 is 0 Å². The van der Waals surface area contributed by atoms with Crippen LogP contribution in [-0.2, 0) is 6.42 Å². The molecule has 0 N–H and O–H groups in total. The van der Waals surface area contributed by atoms with E-state index in [1.54, 1.807) is 0 Å². The van der Waals surface area contributed by atoms with Crippen LogP contribution in [0, 0.1) is 20.8 Å². The van der Waals surface area contributed by atoms with Gasteiger partial charge in [-0.2, -0.15) is 5.10 Å². The Morgan fingerprint density at radius 2 is 1.61 bits per heavy atom. The van der Waals surface area contributed by atoms with Crippen molar-refractivity contribution in [2.24, 2.45) is 0 Å². The summed E-state index contributed by atoms with van der Waals surface area (Å²) >= 11 is 0. The molecule has 0 saturated heterocycles. The third-order valence-electron chi connectivity index (χ3n) is 4.00. The zero-order valence-corrected chi connectivity index (χ0v) is 14.3. The minimum absolute atomic E-state index is 0.900. The van der Waals surface area contributed by atoms with Crippen molar-refractivity contribution in [2.45, 2.75) is 40.5 Å². The third kappa shape index (κ3) is 3.04. The topological polar surface area (TPSA) is 30.7 Å². The third-order valence-corrected chi connectivity index (χ3v) is 4.00. The highest BCUT2D eigenvalue weighted by molar-refractivity contribution is 5.60. The second kappa shape index (κ2) is 6.37. The van der Waals surface area contributed by atoms with Gasteiger partial charge in [0.2, 0.25) is 0 Å². The van der Waals surface area contributed by atoms with E-state index in [4.69, 9.17) is 10.1 Å². The number of aryl methyl sites for hydroxylation is 4. The second-order valence-corrected chi connectivity index (χ2v) is 6.13. The van der Waals surface area contributed by atoms with Crippen LogP contribution in [0.1, 0.15) is 35.9 Å². The molecule has 0 atom stereocenters. The van der Waals surface area contributed by atoms with Gasteiger partial charge in [0.1, 0.15) is 0 Å². The van der Waals surface area contributed by atoms with Gasteiger partial charge in [-0.3, -0.25) is 0 Å². The molecule has 2 aromatic carbocycles. The van der Waals surface area contributed by atoms with Crippen LogP contribution < -0.4 is 0 Å². The lowest BCUT2D eigenvalue weighted by Gasteiger charge is -2.13. The molecule has 0 radical (unpaired) electrons. The van der Waals surface area contributed by atoms with Crippen LogP contribution in [0.3, 0.4) is 0 Å². The number of nitrogens with zero attached hydrogens (tertiary/aromatic N) is 3. The molecule has 0 fully saturated rings. The van der Waals surface area contributed by atoms with Crippen molar-refractivity contribution in [3.63, 3.8) is 0 Å². The highest BCUT2D eigenvalue weighted by Gasteiger charge is 2.16. The largest absolute Gasteiger partial charge is 0.212 e. The van der Waals surface area contributed by atoms with Crippen LogP contribution in [0.15, 0.2) is 42.5 Å². The predicted octanol–water partition coefficient (Wildman–Crippen LogP) is 4.81. The van der Waals surface area contributed by atoms with Crippen molar-refractivity contribution in [3.05, 3.63) is 65.0 Å². The van der Waals surface area contributed by atoms with E-state index < -0.39 is 0 Å². The van der Waals surface area contributed by atoms with Crippen molar-refractivity contribution in [1.82, 2.24) is 14.8 Å². The summed E-state index contributed by atoms with van der Waals surface area (Å²) in [4.78, 5) is 4.80. The maximum atomic E-state index is 4.80. The summed E-state index contributed by atoms with van der Waals surface area (Å²) in [6.07, 6.45) is 1.95. The monoisotopic (exact) mass is 305 g/mol. The average Bonchev–Trinajstić information content (AvgIpc) is 2.91. The fraction of sp³-hybridized carbons (Fsp3) is 0.300. The van der Waals surface area contributed by atoms with E-state index in [9.17, 15) is 0 Å². The van der Waals surface area contributed by atoms with Gasteiger partial charge >= 0.3 is 0 Å². The number of hydrogen-bond acceptors (Lipinski definition) is 2. The summed E-state index contributed by atoms with van der Waals surface area (Å²) in [5, 5.41) is 4.80. The molecule has 3 rings (SSSR count). The van der Waals surface area contributed by atoms with Crippen LogP contribution in [0.2, 0.25) is 0 Å². The SMILES string of the molecule is CCCc1nc(-c2ccccc2)n(-c2c(C)cc(C)cc2C)n1. The van der Waals surface area contributed by atoms with Crippen molar-refractivity contribution >= 4 is 0 Å². The highest BCUT2D eigenvalue weighted by atomic mass is 15.4. The fourth-order valence-corrected chi connectivity index (χ4v) is 3.12. The quantitative estimate of drug-likeness (QED) is 0.692. The summed E-state index contributed by atoms with van der Waals surface area (Å²) < 4.78 is 2.02. The Morgan fingerprint density at radius 3 is 2.22 bits per heavy atom. The molecule has 0 bridgehead atoms. The van der Waals surface area contributed by atoms with Crippen LogP contribution in [0.25, 0.3) is 17.1 Å². The van der Waals surface area contributed by atoms with Crippen molar-refractivity contribution in [1.29, 1.82) is 0 Å². The highest BCUT2D eigenvalue weighted by Crippen LogP contribution is 2.26. The molecule has 0 aliphatic heterocycles.